The van der Waals surface area contributed by atoms with Gasteiger partial charge in [-0.25, -0.2) is 0 Å². The summed E-state index contributed by atoms with van der Waals surface area (Å²) < 4.78 is 0. The van der Waals surface area contributed by atoms with Crippen LogP contribution in [0.4, 0.5) is 0 Å². The fourth-order valence-corrected chi connectivity index (χ4v) is 2.45. The molecule has 1 aromatic heterocycles. The predicted molar refractivity (Wildman–Crippen MR) is 71.8 cm³/mol. The zero-order chi connectivity index (χ0) is 12.7. The van der Waals surface area contributed by atoms with Crippen molar-refractivity contribution in [3.63, 3.8) is 0 Å². The van der Waals surface area contributed by atoms with Crippen LogP contribution in [-0.2, 0) is 0 Å². The van der Waals surface area contributed by atoms with Crippen molar-refractivity contribution in [3.05, 3.63) is 21.9 Å². The molecule has 0 saturated carbocycles. The Hall–Kier alpha value is -0.710. The predicted octanol–water partition coefficient (Wildman–Crippen LogP) is 2.33. The molecule has 0 aliphatic heterocycles. The summed E-state index contributed by atoms with van der Waals surface area (Å²) in [5.74, 6) is 0.202. The van der Waals surface area contributed by atoms with E-state index in [9.17, 15) is 4.79 Å². The maximum Gasteiger partial charge on any atom is 0.186 e. The lowest BCUT2D eigenvalue weighted by Gasteiger charge is -2.14. The number of likely N-dealkylation sites (N-methyl/N-ethyl adjacent to an activating group) is 1. The van der Waals surface area contributed by atoms with Crippen molar-refractivity contribution in [3.8, 4) is 0 Å². The monoisotopic (exact) mass is 255 g/mol. The Morgan fingerprint density at radius 1 is 1.35 bits per heavy atom. The van der Waals surface area contributed by atoms with E-state index in [1.165, 1.54) is 4.88 Å². The van der Waals surface area contributed by atoms with Crippen LogP contribution in [0.3, 0.4) is 0 Å². The second kappa shape index (κ2) is 7.58. The Labute approximate surface area is 107 Å². The van der Waals surface area contributed by atoms with Crippen molar-refractivity contribution in [2.24, 2.45) is 0 Å². The van der Waals surface area contributed by atoms with Gasteiger partial charge >= 0.3 is 0 Å². The molecule has 0 spiro atoms. The molecule has 0 aliphatic carbocycles. The maximum absolute atomic E-state index is 11.9. The van der Waals surface area contributed by atoms with Gasteiger partial charge in [0.1, 0.15) is 0 Å². The van der Waals surface area contributed by atoms with E-state index in [1.54, 1.807) is 11.3 Å². The summed E-state index contributed by atoms with van der Waals surface area (Å²) in [7, 11) is 1.97. The fourth-order valence-electron chi connectivity index (χ4n) is 1.66. The second-order valence-electron chi connectivity index (χ2n) is 4.36. The number of ketones is 1. The van der Waals surface area contributed by atoms with E-state index in [2.05, 4.69) is 4.90 Å². The lowest BCUT2D eigenvalue weighted by atomic mass is 10.2. The molecule has 4 heteroatoms. The summed E-state index contributed by atoms with van der Waals surface area (Å²) in [5, 5.41) is 8.66. The molecule has 0 saturated heterocycles. The highest BCUT2D eigenvalue weighted by molar-refractivity contribution is 7.14. The maximum atomic E-state index is 11.9. The first kappa shape index (κ1) is 14.4. The van der Waals surface area contributed by atoms with E-state index in [0.717, 1.165) is 30.7 Å². The third-order valence-electron chi connectivity index (χ3n) is 2.63. The first-order valence-corrected chi connectivity index (χ1v) is 6.84. The molecule has 0 aliphatic rings. The van der Waals surface area contributed by atoms with Crippen LogP contribution < -0.4 is 0 Å². The van der Waals surface area contributed by atoms with Crippen molar-refractivity contribution >= 4 is 17.1 Å². The Bertz CT molecular complexity index is 349. The molecule has 0 bridgehead atoms. The van der Waals surface area contributed by atoms with E-state index >= 15 is 0 Å². The van der Waals surface area contributed by atoms with Gasteiger partial charge in [0, 0.05) is 11.5 Å². The first-order valence-electron chi connectivity index (χ1n) is 6.02. The minimum Gasteiger partial charge on any atom is -0.396 e. The van der Waals surface area contributed by atoms with E-state index in [1.807, 2.05) is 26.1 Å². The average Bonchev–Trinajstić information content (AvgIpc) is 2.71. The summed E-state index contributed by atoms with van der Waals surface area (Å²) in [5.41, 5.74) is 0. The van der Waals surface area contributed by atoms with Crippen molar-refractivity contribution in [2.45, 2.75) is 26.2 Å². The summed E-state index contributed by atoms with van der Waals surface area (Å²) in [6, 6.07) is 3.89. The van der Waals surface area contributed by atoms with Crippen LogP contribution >= 0.6 is 11.3 Å². The number of aryl methyl sites for hydroxylation is 1. The summed E-state index contributed by atoms with van der Waals surface area (Å²) in [6.45, 7) is 3.67. The largest absolute Gasteiger partial charge is 0.396 e. The van der Waals surface area contributed by atoms with Crippen LogP contribution in [0.15, 0.2) is 12.1 Å². The van der Waals surface area contributed by atoms with Crippen molar-refractivity contribution in [1.29, 1.82) is 0 Å². The third kappa shape index (κ3) is 5.44. The van der Waals surface area contributed by atoms with Crippen molar-refractivity contribution < 1.29 is 9.90 Å². The van der Waals surface area contributed by atoms with Crippen LogP contribution in [-0.4, -0.2) is 42.5 Å². The molecular weight excluding hydrogens is 234 g/mol. The minimum atomic E-state index is 0.202. The van der Waals surface area contributed by atoms with Gasteiger partial charge in [0.25, 0.3) is 0 Å². The normalized spacial score (nSPS) is 11.1. The number of nitrogens with zero attached hydrogens (tertiary/aromatic N) is 1. The zero-order valence-corrected chi connectivity index (χ0v) is 11.4. The lowest BCUT2D eigenvalue weighted by molar-refractivity contribution is 0.0949. The molecule has 0 aromatic carbocycles. The SMILES string of the molecule is Cc1ccc(C(=O)CN(C)CCCCCO)s1. The van der Waals surface area contributed by atoms with Crippen LogP contribution in [0.1, 0.15) is 33.8 Å². The Kier molecular flexibility index (Phi) is 6.40. The average molecular weight is 255 g/mol. The summed E-state index contributed by atoms with van der Waals surface area (Å²) in [4.78, 5) is 16.0. The molecule has 1 aromatic rings. The lowest BCUT2D eigenvalue weighted by Crippen LogP contribution is -2.26. The Balaban J connectivity index is 2.26. The molecule has 0 amide bonds. The standard InChI is InChI=1S/C13H21NO2S/c1-11-6-7-13(17-11)12(16)10-14(2)8-4-3-5-9-15/h6-7,15H,3-5,8-10H2,1-2H3. The highest BCUT2D eigenvalue weighted by atomic mass is 32.1. The molecular formula is C13H21NO2S. The van der Waals surface area contributed by atoms with Crippen molar-refractivity contribution in [1.82, 2.24) is 4.90 Å². The van der Waals surface area contributed by atoms with Gasteiger partial charge in [0.15, 0.2) is 5.78 Å². The molecule has 17 heavy (non-hydrogen) atoms. The number of thiophene rings is 1. The van der Waals surface area contributed by atoms with Crippen LogP contribution in [0.25, 0.3) is 0 Å². The molecule has 0 unspecified atom stereocenters. The molecule has 1 heterocycles. The van der Waals surface area contributed by atoms with Gasteiger partial charge in [-0.3, -0.25) is 9.69 Å². The third-order valence-corrected chi connectivity index (χ3v) is 3.67. The number of aliphatic hydroxyl groups excluding tert-OH is 1. The smallest absolute Gasteiger partial charge is 0.186 e. The van der Waals surface area contributed by atoms with E-state index in [-0.39, 0.29) is 12.4 Å². The molecule has 0 fully saturated rings. The van der Waals surface area contributed by atoms with Crippen molar-refractivity contribution in [2.75, 3.05) is 26.7 Å². The van der Waals surface area contributed by atoms with Gasteiger partial charge < -0.3 is 5.11 Å². The zero-order valence-electron chi connectivity index (χ0n) is 10.6. The van der Waals surface area contributed by atoms with Gasteiger partial charge in [0.2, 0.25) is 0 Å². The van der Waals surface area contributed by atoms with E-state index in [0.29, 0.717) is 6.54 Å². The van der Waals surface area contributed by atoms with Gasteiger partial charge in [0.05, 0.1) is 11.4 Å². The molecule has 0 radical (unpaired) electrons. The Morgan fingerprint density at radius 2 is 2.12 bits per heavy atom. The number of hydrogen-bond donors (Lipinski definition) is 1. The van der Waals surface area contributed by atoms with Gasteiger partial charge in [-0.15, -0.1) is 11.3 Å². The quantitative estimate of drug-likeness (QED) is 0.572. The summed E-state index contributed by atoms with van der Waals surface area (Å²) in [6.07, 6.45) is 2.91. The molecule has 3 nitrogen and oxygen atoms in total. The number of carbonyl (C=O) groups excluding carboxylic acids is 1. The molecule has 1 rings (SSSR count). The Morgan fingerprint density at radius 3 is 2.71 bits per heavy atom. The fraction of sp³-hybridized carbons (Fsp3) is 0.615. The number of rotatable bonds is 8. The molecule has 1 N–H and O–H groups in total. The highest BCUT2D eigenvalue weighted by Gasteiger charge is 2.10. The topological polar surface area (TPSA) is 40.5 Å². The van der Waals surface area contributed by atoms with Crippen LogP contribution in [0, 0.1) is 6.92 Å². The highest BCUT2D eigenvalue weighted by Crippen LogP contribution is 2.15. The van der Waals surface area contributed by atoms with E-state index in [4.69, 9.17) is 5.11 Å². The minimum absolute atomic E-state index is 0.202. The number of Topliss-reactive ketones (excluding diaryl/α,β-unsaturated/α-hetero) is 1. The van der Waals surface area contributed by atoms with Crippen LogP contribution in [0.5, 0.6) is 0 Å². The van der Waals surface area contributed by atoms with E-state index < -0.39 is 0 Å². The number of hydrogen-bond acceptors (Lipinski definition) is 4. The summed E-state index contributed by atoms with van der Waals surface area (Å²) >= 11 is 1.56. The van der Waals surface area contributed by atoms with Gasteiger partial charge in [-0.2, -0.15) is 0 Å². The molecule has 0 atom stereocenters. The number of aliphatic hydroxyl groups is 1. The number of carbonyl (C=O) groups is 1. The van der Waals surface area contributed by atoms with Crippen LogP contribution in [0.2, 0.25) is 0 Å². The van der Waals surface area contributed by atoms with Gasteiger partial charge in [-0.1, -0.05) is 0 Å². The first-order chi connectivity index (χ1) is 8.13. The van der Waals surface area contributed by atoms with Gasteiger partial charge in [-0.05, 0) is 51.9 Å². The second-order valence-corrected chi connectivity index (χ2v) is 5.64. The number of unbranched alkanes of at least 4 members (excludes halogenated alkanes) is 2. The molecule has 96 valence electrons.